The van der Waals surface area contributed by atoms with Gasteiger partial charge in [-0.3, -0.25) is 4.79 Å². The third-order valence-electron chi connectivity index (χ3n) is 3.55. The summed E-state index contributed by atoms with van der Waals surface area (Å²) in [6.07, 6.45) is 0.0822. The average molecular weight is 283 g/mol. The van der Waals surface area contributed by atoms with Crippen molar-refractivity contribution in [2.24, 2.45) is 7.05 Å². The maximum absolute atomic E-state index is 13.4. The van der Waals surface area contributed by atoms with Crippen LogP contribution in [0.1, 0.15) is 16.2 Å². The summed E-state index contributed by atoms with van der Waals surface area (Å²) in [5, 5.41) is 0. The van der Waals surface area contributed by atoms with E-state index in [0.717, 1.165) is 11.0 Å². The summed E-state index contributed by atoms with van der Waals surface area (Å²) < 4.78 is 15.3. The molecule has 0 spiro atoms. The van der Waals surface area contributed by atoms with Crippen LogP contribution in [0.5, 0.6) is 0 Å². The standard InChI is InChI=1S/C16H14FN3O/c1-20-13-8-3-2-7-12(13)19-15(20)9-14(21)10-5-4-6-11(17)16(10)18/h2-8H,9,18H2,1H3. The second-order valence-electron chi connectivity index (χ2n) is 4.88. The fourth-order valence-corrected chi connectivity index (χ4v) is 2.37. The maximum atomic E-state index is 13.4. The molecule has 0 fully saturated rings. The number of carbonyl (C=O) groups excluding carboxylic acids is 1. The summed E-state index contributed by atoms with van der Waals surface area (Å²) in [4.78, 5) is 16.8. The largest absolute Gasteiger partial charge is 0.396 e. The molecule has 0 aliphatic heterocycles. The summed E-state index contributed by atoms with van der Waals surface area (Å²) >= 11 is 0. The lowest BCUT2D eigenvalue weighted by molar-refractivity contribution is 0.0990. The van der Waals surface area contributed by atoms with Gasteiger partial charge in [-0.25, -0.2) is 9.37 Å². The second kappa shape index (κ2) is 5.01. The van der Waals surface area contributed by atoms with E-state index >= 15 is 0 Å². The van der Waals surface area contributed by atoms with Crippen LogP contribution in [0.4, 0.5) is 10.1 Å². The summed E-state index contributed by atoms with van der Waals surface area (Å²) in [6.45, 7) is 0. The zero-order valence-corrected chi connectivity index (χ0v) is 11.5. The van der Waals surface area contributed by atoms with E-state index in [2.05, 4.69) is 4.98 Å². The number of fused-ring (bicyclic) bond motifs is 1. The fraction of sp³-hybridized carbons (Fsp3) is 0.125. The minimum Gasteiger partial charge on any atom is -0.396 e. The highest BCUT2D eigenvalue weighted by Gasteiger charge is 2.16. The van der Waals surface area contributed by atoms with Crippen LogP contribution < -0.4 is 5.73 Å². The number of ketones is 1. The van der Waals surface area contributed by atoms with Gasteiger partial charge < -0.3 is 10.3 Å². The number of carbonyl (C=O) groups is 1. The van der Waals surface area contributed by atoms with Gasteiger partial charge in [0, 0.05) is 12.6 Å². The van der Waals surface area contributed by atoms with Crippen LogP contribution in [0, 0.1) is 5.82 Å². The van der Waals surface area contributed by atoms with Gasteiger partial charge in [-0.05, 0) is 24.3 Å². The average Bonchev–Trinajstić information content (AvgIpc) is 2.79. The number of hydrogen-bond donors (Lipinski definition) is 1. The van der Waals surface area contributed by atoms with Gasteiger partial charge in [-0.15, -0.1) is 0 Å². The molecule has 2 aromatic carbocycles. The highest BCUT2D eigenvalue weighted by Crippen LogP contribution is 2.20. The molecule has 0 amide bonds. The number of nitrogens with two attached hydrogens (primary N) is 1. The van der Waals surface area contributed by atoms with E-state index in [4.69, 9.17) is 5.73 Å². The lowest BCUT2D eigenvalue weighted by Crippen LogP contribution is -2.11. The van der Waals surface area contributed by atoms with Gasteiger partial charge in [0.05, 0.1) is 23.1 Å². The third-order valence-corrected chi connectivity index (χ3v) is 3.55. The lowest BCUT2D eigenvalue weighted by atomic mass is 10.1. The minimum absolute atomic E-state index is 0.0822. The molecule has 0 aliphatic rings. The molecule has 0 aliphatic carbocycles. The SMILES string of the molecule is Cn1c(CC(=O)c2cccc(F)c2N)nc2ccccc21. The quantitative estimate of drug-likeness (QED) is 0.594. The molecule has 3 aromatic rings. The fourth-order valence-electron chi connectivity index (χ4n) is 2.37. The Bertz CT molecular complexity index is 839. The normalized spacial score (nSPS) is 11.0. The molecule has 106 valence electrons. The summed E-state index contributed by atoms with van der Waals surface area (Å²) in [5.74, 6) is -0.193. The van der Waals surface area contributed by atoms with Gasteiger partial charge in [-0.1, -0.05) is 18.2 Å². The van der Waals surface area contributed by atoms with Crippen molar-refractivity contribution in [1.29, 1.82) is 0 Å². The van der Waals surface area contributed by atoms with Crippen LogP contribution >= 0.6 is 0 Å². The molecule has 1 heterocycles. The molecular formula is C16H14FN3O. The van der Waals surface area contributed by atoms with Crippen molar-refractivity contribution in [3.05, 3.63) is 59.7 Å². The van der Waals surface area contributed by atoms with E-state index < -0.39 is 5.82 Å². The molecule has 0 atom stereocenters. The van der Waals surface area contributed by atoms with Crippen LogP contribution in [-0.4, -0.2) is 15.3 Å². The molecule has 1 aromatic heterocycles. The van der Waals surface area contributed by atoms with Gasteiger partial charge in [0.25, 0.3) is 0 Å². The van der Waals surface area contributed by atoms with Crippen LogP contribution in [0.3, 0.4) is 0 Å². The van der Waals surface area contributed by atoms with Crippen molar-refractivity contribution in [2.45, 2.75) is 6.42 Å². The van der Waals surface area contributed by atoms with Crippen LogP contribution in [0.15, 0.2) is 42.5 Å². The molecule has 0 radical (unpaired) electrons. The first-order valence-electron chi connectivity index (χ1n) is 6.55. The predicted octanol–water partition coefficient (Wildman–Crippen LogP) is 2.72. The number of anilines is 1. The highest BCUT2D eigenvalue weighted by molar-refractivity contribution is 6.02. The Morgan fingerprint density at radius 1 is 1.24 bits per heavy atom. The summed E-state index contributed by atoms with van der Waals surface area (Å²) in [7, 11) is 1.85. The van der Waals surface area contributed by atoms with Crippen LogP contribution in [-0.2, 0) is 13.5 Å². The Labute approximate surface area is 121 Å². The molecule has 5 heteroatoms. The van der Waals surface area contributed by atoms with Crippen molar-refractivity contribution in [3.8, 4) is 0 Å². The number of aryl methyl sites for hydroxylation is 1. The minimum atomic E-state index is -0.578. The topological polar surface area (TPSA) is 60.9 Å². The Morgan fingerprint density at radius 2 is 2.00 bits per heavy atom. The van der Waals surface area contributed by atoms with Crippen molar-refractivity contribution < 1.29 is 9.18 Å². The third kappa shape index (κ3) is 2.27. The number of para-hydroxylation sites is 3. The van der Waals surface area contributed by atoms with Crippen molar-refractivity contribution in [3.63, 3.8) is 0 Å². The zero-order valence-electron chi connectivity index (χ0n) is 11.5. The van der Waals surface area contributed by atoms with Gasteiger partial charge in [0.2, 0.25) is 0 Å². The smallest absolute Gasteiger partial charge is 0.172 e. The number of rotatable bonds is 3. The van der Waals surface area contributed by atoms with Gasteiger partial charge in [0.1, 0.15) is 11.6 Å². The number of benzene rings is 2. The number of imidazole rings is 1. The molecule has 4 nitrogen and oxygen atoms in total. The highest BCUT2D eigenvalue weighted by atomic mass is 19.1. The monoisotopic (exact) mass is 283 g/mol. The van der Waals surface area contributed by atoms with Crippen LogP contribution in [0.2, 0.25) is 0 Å². The number of aromatic nitrogens is 2. The molecule has 21 heavy (non-hydrogen) atoms. The summed E-state index contributed by atoms with van der Waals surface area (Å²) in [5.41, 5.74) is 7.49. The molecule has 0 saturated heterocycles. The Kier molecular flexibility index (Phi) is 3.17. The molecule has 0 unspecified atom stereocenters. The second-order valence-corrected chi connectivity index (χ2v) is 4.88. The number of halogens is 1. The number of nitrogen functional groups attached to an aromatic ring is 1. The van der Waals surface area contributed by atoms with E-state index in [1.54, 1.807) is 0 Å². The number of hydrogen-bond acceptors (Lipinski definition) is 3. The van der Waals surface area contributed by atoms with E-state index in [1.807, 2.05) is 35.9 Å². The van der Waals surface area contributed by atoms with E-state index in [0.29, 0.717) is 5.82 Å². The number of nitrogens with zero attached hydrogens (tertiary/aromatic N) is 2. The zero-order chi connectivity index (χ0) is 15.0. The maximum Gasteiger partial charge on any atom is 0.172 e. The van der Waals surface area contributed by atoms with Gasteiger partial charge in [-0.2, -0.15) is 0 Å². The molecule has 3 rings (SSSR count). The predicted molar refractivity (Wildman–Crippen MR) is 79.6 cm³/mol. The summed E-state index contributed by atoms with van der Waals surface area (Å²) in [6, 6.07) is 11.9. The van der Waals surface area contributed by atoms with Crippen molar-refractivity contribution in [2.75, 3.05) is 5.73 Å². The first-order valence-corrected chi connectivity index (χ1v) is 6.55. The van der Waals surface area contributed by atoms with E-state index in [-0.39, 0.29) is 23.5 Å². The van der Waals surface area contributed by atoms with Gasteiger partial charge >= 0.3 is 0 Å². The lowest BCUT2D eigenvalue weighted by Gasteiger charge is -2.06. The van der Waals surface area contributed by atoms with E-state index in [1.165, 1.54) is 18.2 Å². The molecule has 0 bridgehead atoms. The number of Topliss-reactive ketones (excluding diaryl/α,β-unsaturated/α-hetero) is 1. The van der Waals surface area contributed by atoms with Crippen LogP contribution in [0.25, 0.3) is 11.0 Å². The van der Waals surface area contributed by atoms with E-state index in [9.17, 15) is 9.18 Å². The first-order chi connectivity index (χ1) is 10.1. The Balaban J connectivity index is 1.97. The first kappa shape index (κ1) is 13.3. The van der Waals surface area contributed by atoms with Gasteiger partial charge in [0.15, 0.2) is 5.78 Å². The van der Waals surface area contributed by atoms with Crippen molar-refractivity contribution in [1.82, 2.24) is 9.55 Å². The molecular weight excluding hydrogens is 269 g/mol. The molecule has 2 N–H and O–H groups in total. The Morgan fingerprint density at radius 3 is 2.76 bits per heavy atom. The molecule has 0 saturated carbocycles. The van der Waals surface area contributed by atoms with Crippen molar-refractivity contribution >= 4 is 22.5 Å². The Hall–Kier alpha value is -2.69.